The maximum Gasteiger partial charge on any atom is 0.268 e. The van der Waals surface area contributed by atoms with E-state index in [4.69, 9.17) is 9.16 Å². The van der Waals surface area contributed by atoms with Crippen LogP contribution in [0.15, 0.2) is 78.9 Å². The molecule has 0 aliphatic heterocycles. The highest BCUT2D eigenvalue weighted by Crippen LogP contribution is 2.29. The van der Waals surface area contributed by atoms with Gasteiger partial charge in [-0.3, -0.25) is 0 Å². The minimum Gasteiger partial charge on any atom is -0.411 e. The van der Waals surface area contributed by atoms with E-state index in [9.17, 15) is 0 Å². The molecule has 0 amide bonds. The molecule has 162 valence electrons. The van der Waals surface area contributed by atoms with Gasteiger partial charge in [0.2, 0.25) is 0 Å². The summed E-state index contributed by atoms with van der Waals surface area (Å²) in [7, 11) is 0.344. The molecule has 0 aromatic heterocycles. The predicted octanol–water partition coefficient (Wildman–Crippen LogP) is 5.46. The molecule has 2 radical (unpaired) electrons. The molecular weight excluding hydrogens is 396 g/mol. The van der Waals surface area contributed by atoms with Crippen molar-refractivity contribution in [3.63, 3.8) is 0 Å². The number of benzene rings is 3. The van der Waals surface area contributed by atoms with Crippen molar-refractivity contribution in [1.29, 1.82) is 0 Å². The molecule has 0 aliphatic rings. The molecule has 3 aromatic carbocycles. The number of hydrogen-bond donors (Lipinski definition) is 0. The molecule has 0 saturated heterocycles. The molecule has 0 aliphatic carbocycles. The second-order valence-corrected chi connectivity index (χ2v) is 9.55. The Labute approximate surface area is 190 Å². The molecule has 0 bridgehead atoms. The van der Waals surface area contributed by atoms with E-state index in [2.05, 4.69) is 99.6 Å². The van der Waals surface area contributed by atoms with Gasteiger partial charge in [-0.25, -0.2) is 0 Å². The Morgan fingerprint density at radius 3 is 1.94 bits per heavy atom. The Morgan fingerprint density at radius 1 is 0.742 bits per heavy atom. The molecule has 0 atom stereocenters. The van der Waals surface area contributed by atoms with Crippen molar-refractivity contribution in [3.05, 3.63) is 101 Å². The van der Waals surface area contributed by atoms with E-state index in [1.807, 2.05) is 0 Å². The van der Waals surface area contributed by atoms with Crippen LogP contribution in [0.3, 0.4) is 0 Å². The largest absolute Gasteiger partial charge is 0.411 e. The minimum atomic E-state index is -0.109. The van der Waals surface area contributed by atoms with Crippen LogP contribution >= 0.6 is 0 Å². The molecule has 0 spiro atoms. The van der Waals surface area contributed by atoms with Crippen LogP contribution in [0.1, 0.15) is 35.6 Å². The summed E-state index contributed by atoms with van der Waals surface area (Å²) < 4.78 is 12.6. The lowest BCUT2D eigenvalue weighted by atomic mass is 9.78. The summed E-state index contributed by atoms with van der Waals surface area (Å²) in [6.07, 6.45) is 2.89. The summed E-state index contributed by atoms with van der Waals surface area (Å²) in [6, 6.07) is 28.0. The van der Waals surface area contributed by atoms with Crippen LogP contribution in [-0.4, -0.2) is 29.6 Å². The molecule has 0 heterocycles. The molecule has 0 unspecified atom stereocenters. The van der Waals surface area contributed by atoms with E-state index in [0.29, 0.717) is 23.0 Å². The Morgan fingerprint density at radius 2 is 1.35 bits per heavy atom. The maximum atomic E-state index is 6.44. The second-order valence-electron chi connectivity index (χ2n) is 8.52. The summed E-state index contributed by atoms with van der Waals surface area (Å²) in [5, 5.41) is 1.29. The third-order valence-electron chi connectivity index (χ3n) is 5.77. The minimum absolute atomic E-state index is 0.109. The first kappa shape index (κ1) is 23.5. The zero-order valence-corrected chi connectivity index (χ0v) is 20.1. The fourth-order valence-corrected chi connectivity index (χ4v) is 4.98. The van der Waals surface area contributed by atoms with Crippen LogP contribution in [0.2, 0.25) is 0 Å². The van der Waals surface area contributed by atoms with Crippen molar-refractivity contribution in [2.45, 2.75) is 40.0 Å². The van der Waals surface area contributed by atoms with Gasteiger partial charge in [0.05, 0.1) is 6.61 Å². The van der Waals surface area contributed by atoms with Gasteiger partial charge in [0.1, 0.15) is 0 Å². The van der Waals surface area contributed by atoms with Gasteiger partial charge in [-0.1, -0.05) is 85.8 Å². The Hall–Kier alpha value is -2.20. The number of rotatable bonds is 12. The summed E-state index contributed by atoms with van der Waals surface area (Å²) >= 11 is 0. The molecule has 31 heavy (non-hydrogen) atoms. The van der Waals surface area contributed by atoms with E-state index in [-0.39, 0.29) is 5.41 Å². The van der Waals surface area contributed by atoms with Crippen molar-refractivity contribution in [3.8, 4) is 0 Å². The zero-order valence-electron chi connectivity index (χ0n) is 19.1. The predicted molar refractivity (Wildman–Crippen MR) is 131 cm³/mol. The van der Waals surface area contributed by atoms with Gasteiger partial charge in [-0.2, -0.15) is 0 Å². The molecule has 0 fully saturated rings. The van der Waals surface area contributed by atoms with Crippen molar-refractivity contribution >= 4 is 14.9 Å². The average molecular weight is 431 g/mol. The average Bonchev–Trinajstić information content (AvgIpc) is 2.78. The number of aryl methyl sites for hydroxylation is 1. The first-order valence-corrected chi connectivity index (χ1v) is 12.1. The van der Waals surface area contributed by atoms with Gasteiger partial charge < -0.3 is 9.16 Å². The summed E-state index contributed by atoms with van der Waals surface area (Å²) in [6.45, 7) is 8.66. The number of ether oxygens (including phenoxy) is 1. The monoisotopic (exact) mass is 430 g/mol. The summed E-state index contributed by atoms with van der Waals surface area (Å²) in [5.41, 5.74) is 5.21. The lowest BCUT2D eigenvalue weighted by Gasteiger charge is -2.34. The highest BCUT2D eigenvalue weighted by molar-refractivity contribution is 6.47. The first-order valence-electron chi connectivity index (χ1n) is 11.2. The van der Waals surface area contributed by atoms with Crippen LogP contribution in [0, 0.1) is 19.3 Å². The number of hydrogen-bond acceptors (Lipinski definition) is 2. The molecule has 0 N–H and O–H groups in total. The van der Waals surface area contributed by atoms with Crippen molar-refractivity contribution in [2.24, 2.45) is 5.41 Å². The van der Waals surface area contributed by atoms with Crippen LogP contribution < -0.4 is 5.19 Å². The SMILES string of the molecule is CCCOCC(CO[Si]c1cccc(C)c1C)(Cc1ccccc1)Cc1ccccc1. The van der Waals surface area contributed by atoms with Crippen LogP contribution in [0.5, 0.6) is 0 Å². The molecule has 3 heteroatoms. The van der Waals surface area contributed by atoms with Crippen molar-refractivity contribution in [1.82, 2.24) is 0 Å². The maximum absolute atomic E-state index is 6.44. The molecular formula is C28H34O2Si. The summed E-state index contributed by atoms with van der Waals surface area (Å²) in [5.74, 6) is 0. The Kier molecular flexibility index (Phi) is 9.08. The lowest BCUT2D eigenvalue weighted by molar-refractivity contribution is 0.0144. The van der Waals surface area contributed by atoms with Crippen LogP contribution in [0.4, 0.5) is 0 Å². The van der Waals surface area contributed by atoms with Gasteiger partial charge in [0.25, 0.3) is 9.76 Å². The zero-order chi connectivity index (χ0) is 21.9. The Balaban J connectivity index is 1.82. The second kappa shape index (κ2) is 12.0. The smallest absolute Gasteiger partial charge is 0.268 e. The van der Waals surface area contributed by atoms with Gasteiger partial charge in [0.15, 0.2) is 0 Å². The van der Waals surface area contributed by atoms with Gasteiger partial charge in [0, 0.05) is 18.6 Å². The van der Waals surface area contributed by atoms with E-state index < -0.39 is 0 Å². The fourth-order valence-electron chi connectivity index (χ4n) is 3.93. The van der Waals surface area contributed by atoms with E-state index >= 15 is 0 Å². The standard InChI is InChI=1S/C28H34O2Si/c1-4-18-29-21-28(19-25-13-7-5-8-14-25,20-26-15-9-6-10-16-26)22-30-31-27-17-11-12-23(2)24(27)3/h5-17H,4,18-22H2,1-3H3. The van der Waals surface area contributed by atoms with E-state index in [1.54, 1.807) is 0 Å². The van der Waals surface area contributed by atoms with Crippen molar-refractivity contribution in [2.75, 3.05) is 19.8 Å². The summed E-state index contributed by atoms with van der Waals surface area (Å²) in [4.78, 5) is 0. The third-order valence-corrected chi connectivity index (χ3v) is 6.82. The van der Waals surface area contributed by atoms with Gasteiger partial charge in [-0.05, 0) is 60.6 Å². The molecule has 3 aromatic rings. The highest BCUT2D eigenvalue weighted by atomic mass is 28.2. The third kappa shape index (κ3) is 7.17. The molecule has 3 rings (SSSR count). The fraction of sp³-hybridized carbons (Fsp3) is 0.357. The molecule has 0 saturated carbocycles. The lowest BCUT2D eigenvalue weighted by Crippen LogP contribution is -2.39. The van der Waals surface area contributed by atoms with Crippen LogP contribution in [-0.2, 0) is 22.0 Å². The first-order chi connectivity index (χ1) is 15.1. The highest BCUT2D eigenvalue weighted by Gasteiger charge is 2.32. The Bertz CT molecular complexity index is 867. The quantitative estimate of drug-likeness (QED) is 0.280. The van der Waals surface area contributed by atoms with Crippen molar-refractivity contribution < 1.29 is 9.16 Å². The molecule has 2 nitrogen and oxygen atoms in total. The topological polar surface area (TPSA) is 18.5 Å². The van der Waals surface area contributed by atoms with E-state index in [1.165, 1.54) is 27.4 Å². The van der Waals surface area contributed by atoms with E-state index in [0.717, 1.165) is 25.9 Å². The van der Waals surface area contributed by atoms with Crippen LogP contribution in [0.25, 0.3) is 0 Å². The van der Waals surface area contributed by atoms with Gasteiger partial charge in [-0.15, -0.1) is 0 Å². The normalized spacial score (nSPS) is 11.6. The van der Waals surface area contributed by atoms with Gasteiger partial charge >= 0.3 is 0 Å².